The quantitative estimate of drug-likeness (QED) is 0.390. The standard InChI is InChI=1S/C26H26F5N5O4/c1-2-14-6-7-20(34-23(14)26(29,30)31)39-13-19(37)16-12-33-24(32)35-21(16)15-8-10-36(11-9-15)25(38)40-22-17(27)4-3-5-18(22)28/h3-7,12,15,19,37H,2,8-11,13H2,1H3,(H2,32,33,35). The monoisotopic (exact) mass is 567 g/mol. The smallest absolute Gasteiger partial charge is 0.433 e. The fourth-order valence-electron chi connectivity index (χ4n) is 4.41. The molecule has 1 aliphatic heterocycles. The summed E-state index contributed by atoms with van der Waals surface area (Å²) in [5.41, 5.74) is 5.38. The lowest BCUT2D eigenvalue weighted by Crippen LogP contribution is -2.40. The van der Waals surface area contributed by atoms with Gasteiger partial charge in [0, 0.05) is 36.8 Å². The summed E-state index contributed by atoms with van der Waals surface area (Å²) in [6.07, 6.45) is -4.77. The number of rotatable bonds is 7. The summed E-state index contributed by atoms with van der Waals surface area (Å²) in [6, 6.07) is 5.66. The number of aryl methyl sites for hydroxylation is 1. The molecule has 0 bridgehead atoms. The number of hydrogen-bond donors (Lipinski definition) is 2. The minimum absolute atomic E-state index is 0.0175. The molecule has 1 saturated heterocycles. The molecule has 40 heavy (non-hydrogen) atoms. The van der Waals surface area contributed by atoms with Crippen molar-refractivity contribution >= 4 is 12.0 Å². The van der Waals surface area contributed by atoms with Crippen LogP contribution < -0.4 is 15.2 Å². The Morgan fingerprint density at radius 3 is 2.45 bits per heavy atom. The highest BCUT2D eigenvalue weighted by atomic mass is 19.4. The zero-order valence-electron chi connectivity index (χ0n) is 21.3. The number of nitrogens with zero attached hydrogens (tertiary/aromatic N) is 4. The molecule has 4 rings (SSSR count). The van der Waals surface area contributed by atoms with Crippen LogP contribution in [-0.4, -0.2) is 50.7 Å². The maximum Gasteiger partial charge on any atom is 0.433 e. The van der Waals surface area contributed by atoms with Crippen LogP contribution in [0.3, 0.4) is 0 Å². The van der Waals surface area contributed by atoms with Crippen molar-refractivity contribution in [1.82, 2.24) is 19.9 Å². The van der Waals surface area contributed by atoms with Crippen LogP contribution in [0.4, 0.5) is 32.7 Å². The Morgan fingerprint density at radius 2 is 1.82 bits per heavy atom. The number of nitrogen functional groups attached to an aromatic ring is 1. The predicted molar refractivity (Wildman–Crippen MR) is 131 cm³/mol. The number of alkyl halides is 3. The highest BCUT2D eigenvalue weighted by Crippen LogP contribution is 2.34. The average Bonchev–Trinajstić information content (AvgIpc) is 2.93. The molecule has 0 saturated carbocycles. The molecule has 0 aliphatic carbocycles. The van der Waals surface area contributed by atoms with Crippen molar-refractivity contribution in [2.24, 2.45) is 0 Å². The number of nitrogens with two attached hydrogens (primary N) is 1. The fraction of sp³-hybridized carbons (Fsp3) is 0.385. The second-order valence-electron chi connectivity index (χ2n) is 9.08. The lowest BCUT2D eigenvalue weighted by atomic mass is 9.89. The zero-order valence-corrected chi connectivity index (χ0v) is 21.3. The van der Waals surface area contributed by atoms with Gasteiger partial charge < -0.3 is 25.2 Å². The van der Waals surface area contributed by atoms with Crippen molar-refractivity contribution in [2.75, 3.05) is 25.4 Å². The number of carbonyl (C=O) groups is 1. The lowest BCUT2D eigenvalue weighted by molar-refractivity contribution is -0.142. The van der Waals surface area contributed by atoms with Crippen LogP contribution in [0.15, 0.2) is 36.5 Å². The molecule has 0 radical (unpaired) electrons. The maximum atomic E-state index is 13.8. The molecular formula is C26H26F5N5O4. The SMILES string of the molecule is CCc1ccc(OCC(O)c2cnc(N)nc2C2CCN(C(=O)Oc3c(F)cccc3F)CC2)nc1C(F)(F)F. The van der Waals surface area contributed by atoms with E-state index in [-0.39, 0.29) is 48.4 Å². The maximum absolute atomic E-state index is 13.8. The van der Waals surface area contributed by atoms with Crippen LogP contribution in [0, 0.1) is 11.6 Å². The first-order valence-corrected chi connectivity index (χ1v) is 12.4. The topological polar surface area (TPSA) is 124 Å². The van der Waals surface area contributed by atoms with Crippen LogP contribution >= 0.6 is 0 Å². The molecule has 1 unspecified atom stereocenters. The van der Waals surface area contributed by atoms with Gasteiger partial charge in [0.1, 0.15) is 12.7 Å². The fourth-order valence-corrected chi connectivity index (χ4v) is 4.41. The van der Waals surface area contributed by atoms with Crippen molar-refractivity contribution < 1.29 is 41.3 Å². The Labute approximate surface area is 225 Å². The van der Waals surface area contributed by atoms with E-state index in [2.05, 4.69) is 15.0 Å². The molecule has 14 heteroatoms. The minimum atomic E-state index is -4.66. The summed E-state index contributed by atoms with van der Waals surface area (Å²) in [7, 11) is 0. The van der Waals surface area contributed by atoms with Crippen molar-refractivity contribution in [3.63, 3.8) is 0 Å². The van der Waals surface area contributed by atoms with Gasteiger partial charge in [-0.1, -0.05) is 19.1 Å². The van der Waals surface area contributed by atoms with E-state index in [1.807, 2.05) is 0 Å². The number of amides is 1. The minimum Gasteiger partial charge on any atom is -0.475 e. The summed E-state index contributed by atoms with van der Waals surface area (Å²) in [4.78, 5) is 25.5. The van der Waals surface area contributed by atoms with E-state index in [9.17, 15) is 31.9 Å². The molecular weight excluding hydrogens is 541 g/mol. The third kappa shape index (κ3) is 6.55. The van der Waals surface area contributed by atoms with Crippen molar-refractivity contribution in [3.05, 3.63) is 70.7 Å². The Hall–Kier alpha value is -4.07. The highest BCUT2D eigenvalue weighted by molar-refractivity contribution is 5.71. The Balaban J connectivity index is 1.42. The van der Waals surface area contributed by atoms with Crippen molar-refractivity contribution in [1.29, 1.82) is 0 Å². The summed E-state index contributed by atoms with van der Waals surface area (Å²) < 4.78 is 78.0. The number of halogens is 5. The number of likely N-dealkylation sites (tertiary alicyclic amines) is 1. The number of aliphatic hydroxyl groups excluding tert-OH is 1. The highest BCUT2D eigenvalue weighted by Gasteiger charge is 2.35. The third-order valence-corrected chi connectivity index (χ3v) is 6.47. The van der Waals surface area contributed by atoms with Crippen molar-refractivity contribution in [3.8, 4) is 11.6 Å². The molecule has 3 N–H and O–H groups in total. The van der Waals surface area contributed by atoms with Gasteiger partial charge in [-0.2, -0.15) is 13.2 Å². The second-order valence-corrected chi connectivity index (χ2v) is 9.08. The van der Waals surface area contributed by atoms with Gasteiger partial charge in [-0.3, -0.25) is 0 Å². The summed E-state index contributed by atoms with van der Waals surface area (Å²) in [5.74, 6) is -3.46. The Morgan fingerprint density at radius 1 is 1.15 bits per heavy atom. The summed E-state index contributed by atoms with van der Waals surface area (Å²) in [5, 5.41) is 10.8. The van der Waals surface area contributed by atoms with Gasteiger partial charge in [0.25, 0.3) is 0 Å². The van der Waals surface area contributed by atoms with E-state index in [1.165, 1.54) is 23.2 Å². The van der Waals surface area contributed by atoms with Gasteiger partial charge in [-0.15, -0.1) is 0 Å². The van der Waals surface area contributed by atoms with Gasteiger partial charge in [-0.25, -0.2) is 28.5 Å². The Bertz CT molecular complexity index is 1350. The molecule has 9 nitrogen and oxygen atoms in total. The number of piperidine rings is 1. The Kier molecular flexibility index (Phi) is 8.67. The summed E-state index contributed by atoms with van der Waals surface area (Å²) in [6.45, 7) is 1.46. The van der Waals surface area contributed by atoms with Crippen LogP contribution in [0.2, 0.25) is 0 Å². The van der Waals surface area contributed by atoms with E-state index < -0.39 is 48.1 Å². The lowest BCUT2D eigenvalue weighted by Gasteiger charge is -2.32. The molecule has 0 spiro atoms. The number of para-hydroxylation sites is 1. The van der Waals surface area contributed by atoms with Gasteiger partial charge in [-0.05, 0) is 37.0 Å². The molecule has 1 aliphatic rings. The number of carbonyl (C=O) groups excluding carboxylic acids is 1. The normalized spacial score (nSPS) is 15.1. The van der Waals surface area contributed by atoms with E-state index in [4.69, 9.17) is 15.2 Å². The largest absolute Gasteiger partial charge is 0.475 e. The van der Waals surface area contributed by atoms with E-state index in [0.29, 0.717) is 18.5 Å². The number of pyridine rings is 1. The molecule has 214 valence electrons. The number of aliphatic hydroxyl groups is 1. The van der Waals surface area contributed by atoms with E-state index in [0.717, 1.165) is 18.2 Å². The van der Waals surface area contributed by atoms with Gasteiger partial charge in [0.15, 0.2) is 17.3 Å². The van der Waals surface area contributed by atoms with Gasteiger partial charge in [0.05, 0.1) is 5.69 Å². The third-order valence-electron chi connectivity index (χ3n) is 6.47. The van der Waals surface area contributed by atoms with E-state index >= 15 is 0 Å². The number of benzene rings is 1. The number of hydrogen-bond acceptors (Lipinski definition) is 8. The number of ether oxygens (including phenoxy) is 2. The van der Waals surface area contributed by atoms with Crippen molar-refractivity contribution in [2.45, 2.75) is 44.4 Å². The van der Waals surface area contributed by atoms with Crippen LogP contribution in [0.1, 0.15) is 54.3 Å². The first kappa shape index (κ1) is 28.9. The predicted octanol–water partition coefficient (Wildman–Crippen LogP) is 4.80. The van der Waals surface area contributed by atoms with Gasteiger partial charge in [0.2, 0.25) is 17.6 Å². The first-order valence-electron chi connectivity index (χ1n) is 12.4. The van der Waals surface area contributed by atoms with Crippen LogP contribution in [-0.2, 0) is 12.6 Å². The van der Waals surface area contributed by atoms with E-state index in [1.54, 1.807) is 6.92 Å². The van der Waals surface area contributed by atoms with Gasteiger partial charge >= 0.3 is 12.3 Å². The second kappa shape index (κ2) is 12.0. The zero-order chi connectivity index (χ0) is 29.0. The summed E-state index contributed by atoms with van der Waals surface area (Å²) >= 11 is 0. The average molecular weight is 568 g/mol. The molecule has 1 amide bonds. The molecule has 3 aromatic rings. The number of anilines is 1. The van der Waals surface area contributed by atoms with Crippen LogP contribution in [0.25, 0.3) is 0 Å². The number of aromatic nitrogens is 3. The molecule has 2 aromatic heterocycles. The van der Waals surface area contributed by atoms with Crippen LogP contribution in [0.5, 0.6) is 11.6 Å². The molecule has 1 fully saturated rings. The molecule has 1 atom stereocenters. The molecule has 1 aromatic carbocycles. The first-order chi connectivity index (χ1) is 19.0. The molecule has 3 heterocycles.